The van der Waals surface area contributed by atoms with Crippen LogP contribution in [0.4, 0.5) is 23.7 Å². The van der Waals surface area contributed by atoms with Gasteiger partial charge in [0.2, 0.25) is 0 Å². The highest BCUT2D eigenvalue weighted by Gasteiger charge is 2.29. The highest BCUT2D eigenvalue weighted by atomic mass is 19.4. The van der Waals surface area contributed by atoms with E-state index in [4.69, 9.17) is 0 Å². The van der Waals surface area contributed by atoms with Crippen LogP contribution in [0.25, 0.3) is 0 Å². The Morgan fingerprint density at radius 1 is 1.13 bits per heavy atom. The number of carbonyl (C=O) groups is 1. The molecule has 1 aromatic carbocycles. The lowest BCUT2D eigenvalue weighted by Crippen LogP contribution is -2.47. The molecule has 0 aromatic heterocycles. The van der Waals surface area contributed by atoms with Crippen LogP contribution in [0.5, 0.6) is 0 Å². The number of halogens is 3. The van der Waals surface area contributed by atoms with E-state index in [1.165, 1.54) is 12.1 Å². The molecule has 1 aliphatic heterocycles. The van der Waals surface area contributed by atoms with Crippen molar-refractivity contribution in [2.24, 2.45) is 0 Å². The number of hydrogen-bond donors (Lipinski definition) is 2. The minimum absolute atomic E-state index is 0.329. The Kier molecular flexibility index (Phi) is 5.84. The molecule has 5 nitrogen and oxygen atoms in total. The van der Waals surface area contributed by atoms with Crippen LogP contribution in [0, 0.1) is 0 Å². The van der Waals surface area contributed by atoms with Crippen LogP contribution in [0.15, 0.2) is 24.3 Å². The van der Waals surface area contributed by atoms with Gasteiger partial charge in [-0.2, -0.15) is 13.2 Å². The van der Waals surface area contributed by atoms with E-state index in [2.05, 4.69) is 27.5 Å². The molecule has 0 atom stereocenters. The Morgan fingerprint density at radius 3 is 2.30 bits per heavy atom. The molecular weight excluding hydrogens is 309 g/mol. The van der Waals surface area contributed by atoms with Gasteiger partial charge in [0.1, 0.15) is 0 Å². The summed E-state index contributed by atoms with van der Waals surface area (Å²) < 4.78 is 37.3. The van der Waals surface area contributed by atoms with E-state index in [1.807, 2.05) is 0 Å². The van der Waals surface area contributed by atoms with Crippen LogP contribution in [0.1, 0.15) is 5.56 Å². The van der Waals surface area contributed by atoms with Crippen molar-refractivity contribution in [3.05, 3.63) is 29.8 Å². The SMILES string of the molecule is CN1CCN(CCNC(=O)Nc2ccc(C(F)(F)F)cc2)CC1. The third-order valence-corrected chi connectivity index (χ3v) is 3.78. The average Bonchev–Trinajstić information content (AvgIpc) is 2.49. The van der Waals surface area contributed by atoms with Crippen molar-refractivity contribution in [1.82, 2.24) is 15.1 Å². The summed E-state index contributed by atoms with van der Waals surface area (Å²) in [6.07, 6.45) is -4.37. The first-order valence-corrected chi connectivity index (χ1v) is 7.47. The number of hydrogen-bond acceptors (Lipinski definition) is 3. The Hall–Kier alpha value is -1.80. The second kappa shape index (κ2) is 7.65. The maximum atomic E-state index is 12.4. The van der Waals surface area contributed by atoms with Crippen LogP contribution in [-0.2, 0) is 6.18 Å². The van der Waals surface area contributed by atoms with E-state index >= 15 is 0 Å². The largest absolute Gasteiger partial charge is 0.416 e. The monoisotopic (exact) mass is 330 g/mol. The molecule has 1 aliphatic rings. The van der Waals surface area contributed by atoms with Gasteiger partial charge in [0, 0.05) is 45.0 Å². The maximum absolute atomic E-state index is 12.4. The predicted molar refractivity (Wildman–Crippen MR) is 82.4 cm³/mol. The smallest absolute Gasteiger partial charge is 0.337 e. The first kappa shape index (κ1) is 17.6. The Bertz CT molecular complexity index is 510. The topological polar surface area (TPSA) is 47.6 Å². The molecule has 1 saturated heterocycles. The molecule has 0 bridgehead atoms. The second-order valence-corrected chi connectivity index (χ2v) is 5.60. The molecule has 2 amide bonds. The zero-order valence-corrected chi connectivity index (χ0v) is 13.0. The standard InChI is InChI=1S/C15H21F3N4O/c1-21-8-10-22(11-9-21)7-6-19-14(23)20-13-4-2-12(3-5-13)15(16,17)18/h2-5H,6-11H2,1H3,(H2,19,20,23). The van der Waals surface area contributed by atoms with E-state index in [1.54, 1.807) is 0 Å². The summed E-state index contributed by atoms with van der Waals surface area (Å²) in [6.45, 7) is 5.22. The molecule has 0 saturated carbocycles. The van der Waals surface area contributed by atoms with Gasteiger partial charge >= 0.3 is 12.2 Å². The van der Waals surface area contributed by atoms with Gasteiger partial charge in [0.05, 0.1) is 5.56 Å². The third-order valence-electron chi connectivity index (χ3n) is 3.78. The van der Waals surface area contributed by atoms with Crippen LogP contribution >= 0.6 is 0 Å². The van der Waals surface area contributed by atoms with E-state index in [9.17, 15) is 18.0 Å². The fraction of sp³-hybridized carbons (Fsp3) is 0.533. The van der Waals surface area contributed by atoms with Crippen LogP contribution < -0.4 is 10.6 Å². The molecule has 2 N–H and O–H groups in total. The number of urea groups is 1. The van der Waals surface area contributed by atoms with Gasteiger partial charge in [-0.05, 0) is 31.3 Å². The van der Waals surface area contributed by atoms with Crippen molar-refractivity contribution in [3.63, 3.8) is 0 Å². The number of anilines is 1. The quantitative estimate of drug-likeness (QED) is 0.889. The summed E-state index contributed by atoms with van der Waals surface area (Å²) in [5, 5.41) is 5.23. The second-order valence-electron chi connectivity index (χ2n) is 5.60. The maximum Gasteiger partial charge on any atom is 0.416 e. The molecule has 1 fully saturated rings. The lowest BCUT2D eigenvalue weighted by Gasteiger charge is -2.32. The zero-order chi connectivity index (χ0) is 16.9. The zero-order valence-electron chi connectivity index (χ0n) is 13.0. The van der Waals surface area contributed by atoms with Crippen molar-refractivity contribution >= 4 is 11.7 Å². The number of nitrogens with one attached hydrogen (secondary N) is 2. The fourth-order valence-corrected chi connectivity index (χ4v) is 2.32. The summed E-state index contributed by atoms with van der Waals surface area (Å²) in [7, 11) is 2.08. The number of alkyl halides is 3. The summed E-state index contributed by atoms with van der Waals surface area (Å²) >= 11 is 0. The number of nitrogens with zero attached hydrogens (tertiary/aromatic N) is 2. The number of benzene rings is 1. The minimum Gasteiger partial charge on any atom is -0.337 e. The van der Waals surface area contributed by atoms with Crippen molar-refractivity contribution in [1.29, 1.82) is 0 Å². The van der Waals surface area contributed by atoms with E-state index in [-0.39, 0.29) is 0 Å². The number of piperazine rings is 1. The fourth-order valence-electron chi connectivity index (χ4n) is 2.32. The lowest BCUT2D eigenvalue weighted by molar-refractivity contribution is -0.137. The van der Waals surface area contributed by atoms with Crippen LogP contribution in [-0.4, -0.2) is 62.1 Å². The van der Waals surface area contributed by atoms with Crippen molar-refractivity contribution < 1.29 is 18.0 Å². The molecule has 128 valence electrons. The van der Waals surface area contributed by atoms with Gasteiger partial charge in [0.25, 0.3) is 0 Å². The Balaban J connectivity index is 1.70. The molecule has 8 heteroatoms. The van der Waals surface area contributed by atoms with Crippen molar-refractivity contribution in [3.8, 4) is 0 Å². The number of carbonyl (C=O) groups excluding carboxylic acids is 1. The summed E-state index contributed by atoms with van der Waals surface area (Å²) in [6, 6.07) is 3.95. The van der Waals surface area contributed by atoms with Crippen molar-refractivity contribution in [2.75, 3.05) is 51.6 Å². The van der Waals surface area contributed by atoms with Gasteiger partial charge in [-0.3, -0.25) is 4.90 Å². The van der Waals surface area contributed by atoms with Gasteiger partial charge in [-0.1, -0.05) is 0 Å². The first-order chi connectivity index (χ1) is 10.8. The molecule has 1 heterocycles. The van der Waals surface area contributed by atoms with Gasteiger partial charge in [0.15, 0.2) is 0 Å². The lowest BCUT2D eigenvalue weighted by atomic mass is 10.2. The Morgan fingerprint density at radius 2 is 1.74 bits per heavy atom. The van der Waals surface area contributed by atoms with E-state index in [0.717, 1.165) is 44.9 Å². The van der Waals surface area contributed by atoms with E-state index < -0.39 is 17.8 Å². The molecule has 2 rings (SSSR count). The molecule has 0 aliphatic carbocycles. The highest BCUT2D eigenvalue weighted by molar-refractivity contribution is 5.89. The normalized spacial score (nSPS) is 17.0. The summed E-state index contributed by atoms with van der Waals surface area (Å²) in [5.41, 5.74) is -0.409. The van der Waals surface area contributed by atoms with Gasteiger partial charge in [-0.15, -0.1) is 0 Å². The average molecular weight is 330 g/mol. The van der Waals surface area contributed by atoms with Crippen LogP contribution in [0.2, 0.25) is 0 Å². The van der Waals surface area contributed by atoms with E-state index in [0.29, 0.717) is 12.2 Å². The first-order valence-electron chi connectivity index (χ1n) is 7.47. The van der Waals surface area contributed by atoms with Gasteiger partial charge < -0.3 is 15.5 Å². The summed E-state index contributed by atoms with van der Waals surface area (Å²) in [4.78, 5) is 16.2. The number of amides is 2. The molecule has 0 radical (unpaired) electrons. The van der Waals surface area contributed by atoms with Crippen LogP contribution in [0.3, 0.4) is 0 Å². The number of rotatable bonds is 4. The third kappa shape index (κ3) is 5.72. The predicted octanol–water partition coefficient (Wildman–Crippen LogP) is 2.07. The summed E-state index contributed by atoms with van der Waals surface area (Å²) in [5.74, 6) is 0. The molecule has 23 heavy (non-hydrogen) atoms. The van der Waals surface area contributed by atoms with Crippen molar-refractivity contribution in [2.45, 2.75) is 6.18 Å². The van der Waals surface area contributed by atoms with Gasteiger partial charge in [-0.25, -0.2) is 4.79 Å². The minimum atomic E-state index is -4.37. The molecule has 0 spiro atoms. The Labute approximate surface area is 133 Å². The number of likely N-dealkylation sites (N-methyl/N-ethyl adjacent to an activating group) is 1. The molecule has 0 unspecified atom stereocenters. The molecular formula is C15H21F3N4O. The molecule has 1 aromatic rings. The highest BCUT2D eigenvalue weighted by Crippen LogP contribution is 2.29.